The molecule has 0 bridgehead atoms. The highest BCUT2D eigenvalue weighted by Gasteiger charge is 2.29. The molecule has 1 unspecified atom stereocenters. The zero-order valence-corrected chi connectivity index (χ0v) is 9.89. The van der Waals surface area contributed by atoms with E-state index in [0.717, 1.165) is 32.5 Å². The first kappa shape index (κ1) is 12.3. The van der Waals surface area contributed by atoms with Gasteiger partial charge in [0.25, 0.3) is 0 Å². The maximum absolute atomic E-state index is 11.3. The van der Waals surface area contributed by atoms with Crippen LogP contribution in [0.2, 0.25) is 0 Å². The van der Waals surface area contributed by atoms with Crippen LogP contribution in [0.25, 0.3) is 0 Å². The smallest absolute Gasteiger partial charge is 0.324 e. The van der Waals surface area contributed by atoms with E-state index in [2.05, 4.69) is 10.2 Å². The molecule has 1 atom stereocenters. The number of hydrogen-bond donors (Lipinski definition) is 2. The lowest BCUT2D eigenvalue weighted by Gasteiger charge is -2.19. The molecule has 17 heavy (non-hydrogen) atoms. The van der Waals surface area contributed by atoms with Crippen molar-refractivity contribution in [2.24, 2.45) is 5.92 Å². The zero-order valence-electron chi connectivity index (χ0n) is 9.89. The van der Waals surface area contributed by atoms with E-state index in [-0.39, 0.29) is 25.1 Å². The molecule has 0 aromatic rings. The first-order chi connectivity index (χ1) is 8.20. The van der Waals surface area contributed by atoms with Gasteiger partial charge in [0.2, 0.25) is 5.91 Å². The Morgan fingerprint density at radius 1 is 1.35 bits per heavy atom. The summed E-state index contributed by atoms with van der Waals surface area (Å²) in [5, 5.41) is 11.4. The maximum Gasteiger partial charge on any atom is 0.324 e. The number of likely N-dealkylation sites (tertiary alicyclic amines) is 1. The maximum atomic E-state index is 11.3. The van der Waals surface area contributed by atoms with Crippen LogP contribution in [0.4, 0.5) is 4.79 Å². The van der Waals surface area contributed by atoms with Crippen LogP contribution in [-0.4, -0.2) is 66.2 Å². The summed E-state index contributed by atoms with van der Waals surface area (Å²) in [5.41, 5.74) is 0. The predicted octanol–water partition coefficient (Wildman–Crippen LogP) is -0.757. The topological polar surface area (TPSA) is 72.9 Å². The van der Waals surface area contributed by atoms with Gasteiger partial charge in [-0.15, -0.1) is 0 Å². The number of carbonyl (C=O) groups excluding carboxylic acids is 2. The molecule has 2 aliphatic rings. The van der Waals surface area contributed by atoms with E-state index in [1.165, 1.54) is 4.90 Å². The molecule has 6 nitrogen and oxygen atoms in total. The minimum absolute atomic E-state index is 0.131. The average molecular weight is 241 g/mol. The van der Waals surface area contributed by atoms with Gasteiger partial charge in [-0.1, -0.05) is 0 Å². The Kier molecular flexibility index (Phi) is 3.96. The van der Waals surface area contributed by atoms with E-state index in [4.69, 9.17) is 5.11 Å². The van der Waals surface area contributed by atoms with Crippen molar-refractivity contribution in [1.82, 2.24) is 15.1 Å². The van der Waals surface area contributed by atoms with Crippen molar-refractivity contribution >= 4 is 11.9 Å². The quantitative estimate of drug-likeness (QED) is 0.621. The van der Waals surface area contributed by atoms with Crippen molar-refractivity contribution in [2.75, 3.05) is 39.3 Å². The van der Waals surface area contributed by atoms with E-state index < -0.39 is 0 Å². The Hall–Kier alpha value is -1.14. The number of amides is 3. The second-order valence-corrected chi connectivity index (χ2v) is 4.67. The van der Waals surface area contributed by atoms with Gasteiger partial charge in [-0.3, -0.25) is 9.69 Å². The summed E-state index contributed by atoms with van der Waals surface area (Å²) < 4.78 is 0. The highest BCUT2D eigenvalue weighted by molar-refractivity contribution is 6.01. The zero-order chi connectivity index (χ0) is 12.3. The Morgan fingerprint density at radius 2 is 2.18 bits per heavy atom. The molecule has 2 rings (SSSR count). The summed E-state index contributed by atoms with van der Waals surface area (Å²) in [5.74, 6) is 0.421. The predicted molar refractivity (Wildman–Crippen MR) is 61.4 cm³/mol. The molecule has 6 heteroatoms. The van der Waals surface area contributed by atoms with Crippen LogP contribution in [0.3, 0.4) is 0 Å². The van der Waals surface area contributed by atoms with Gasteiger partial charge in [0.15, 0.2) is 0 Å². The molecule has 0 aromatic heterocycles. The van der Waals surface area contributed by atoms with Gasteiger partial charge < -0.3 is 15.3 Å². The third-order valence-corrected chi connectivity index (χ3v) is 3.48. The molecule has 2 fully saturated rings. The van der Waals surface area contributed by atoms with E-state index >= 15 is 0 Å². The molecule has 96 valence electrons. The van der Waals surface area contributed by atoms with Crippen molar-refractivity contribution in [1.29, 1.82) is 0 Å². The molecular weight excluding hydrogens is 222 g/mol. The lowest BCUT2D eigenvalue weighted by molar-refractivity contribution is -0.125. The van der Waals surface area contributed by atoms with E-state index in [9.17, 15) is 9.59 Å². The number of aliphatic hydroxyl groups excluding tert-OH is 1. The summed E-state index contributed by atoms with van der Waals surface area (Å²) in [7, 11) is 0. The van der Waals surface area contributed by atoms with Gasteiger partial charge in [-0.25, -0.2) is 4.79 Å². The van der Waals surface area contributed by atoms with Gasteiger partial charge in [0.05, 0.1) is 6.54 Å². The van der Waals surface area contributed by atoms with Gasteiger partial charge >= 0.3 is 6.03 Å². The third-order valence-electron chi connectivity index (χ3n) is 3.48. The summed E-state index contributed by atoms with van der Waals surface area (Å²) in [4.78, 5) is 26.2. The van der Waals surface area contributed by atoms with Crippen LogP contribution in [-0.2, 0) is 4.79 Å². The monoisotopic (exact) mass is 241 g/mol. The molecule has 0 aliphatic carbocycles. The first-order valence-electron chi connectivity index (χ1n) is 6.12. The lowest BCUT2D eigenvalue weighted by Crippen LogP contribution is -2.38. The van der Waals surface area contributed by atoms with Crippen molar-refractivity contribution in [3.8, 4) is 0 Å². The van der Waals surface area contributed by atoms with Crippen LogP contribution in [0, 0.1) is 5.92 Å². The highest BCUT2D eigenvalue weighted by atomic mass is 16.3. The highest BCUT2D eigenvalue weighted by Crippen LogP contribution is 2.18. The fourth-order valence-electron chi connectivity index (χ4n) is 2.46. The fraction of sp³-hybridized carbons (Fsp3) is 0.818. The Bertz CT molecular complexity index is 292. The Morgan fingerprint density at radius 3 is 2.82 bits per heavy atom. The third kappa shape index (κ3) is 2.95. The van der Waals surface area contributed by atoms with Crippen LogP contribution < -0.4 is 5.32 Å². The minimum Gasteiger partial charge on any atom is -0.396 e. The SMILES string of the molecule is O=C1CNC(=O)N1CCN1CCC(CCO)C1. The molecule has 0 radical (unpaired) electrons. The molecule has 2 N–H and O–H groups in total. The summed E-state index contributed by atoms with van der Waals surface area (Å²) in [6, 6.07) is -0.277. The molecule has 2 heterocycles. The molecule has 0 saturated carbocycles. The summed E-state index contributed by atoms with van der Waals surface area (Å²) in [6.45, 7) is 3.54. The fourth-order valence-corrected chi connectivity index (χ4v) is 2.46. The van der Waals surface area contributed by atoms with E-state index in [1.54, 1.807) is 0 Å². The van der Waals surface area contributed by atoms with Crippen LogP contribution in [0.1, 0.15) is 12.8 Å². The first-order valence-corrected chi connectivity index (χ1v) is 6.12. The van der Waals surface area contributed by atoms with Gasteiger partial charge in [-0.2, -0.15) is 0 Å². The Balaban J connectivity index is 1.72. The second-order valence-electron chi connectivity index (χ2n) is 4.67. The van der Waals surface area contributed by atoms with Crippen LogP contribution in [0.15, 0.2) is 0 Å². The largest absolute Gasteiger partial charge is 0.396 e. The average Bonchev–Trinajstić information content (AvgIpc) is 2.86. The van der Waals surface area contributed by atoms with Gasteiger partial charge in [0, 0.05) is 26.2 Å². The van der Waals surface area contributed by atoms with Crippen molar-refractivity contribution in [3.05, 3.63) is 0 Å². The van der Waals surface area contributed by atoms with Crippen molar-refractivity contribution in [2.45, 2.75) is 12.8 Å². The number of rotatable bonds is 5. The van der Waals surface area contributed by atoms with Crippen LogP contribution >= 0.6 is 0 Å². The number of nitrogens with zero attached hydrogens (tertiary/aromatic N) is 2. The summed E-state index contributed by atoms with van der Waals surface area (Å²) in [6.07, 6.45) is 1.94. The van der Waals surface area contributed by atoms with Crippen molar-refractivity contribution in [3.63, 3.8) is 0 Å². The van der Waals surface area contributed by atoms with Gasteiger partial charge in [-0.05, 0) is 25.3 Å². The number of aliphatic hydroxyl groups is 1. The molecule has 2 aliphatic heterocycles. The van der Waals surface area contributed by atoms with Crippen molar-refractivity contribution < 1.29 is 14.7 Å². The lowest BCUT2D eigenvalue weighted by atomic mass is 10.1. The summed E-state index contributed by atoms with van der Waals surface area (Å²) >= 11 is 0. The minimum atomic E-state index is -0.277. The van der Waals surface area contributed by atoms with E-state index in [1.807, 2.05) is 0 Å². The van der Waals surface area contributed by atoms with Crippen LogP contribution in [0.5, 0.6) is 0 Å². The Labute approximate surface area is 101 Å². The number of nitrogens with one attached hydrogen (secondary N) is 1. The van der Waals surface area contributed by atoms with E-state index in [0.29, 0.717) is 12.5 Å². The molecular formula is C11H19N3O3. The standard InChI is InChI=1S/C11H19N3O3/c15-6-2-9-1-3-13(8-9)4-5-14-10(16)7-12-11(14)17/h9,15H,1-8H2,(H,12,17). The number of urea groups is 1. The van der Waals surface area contributed by atoms with Gasteiger partial charge in [0.1, 0.15) is 0 Å². The second kappa shape index (κ2) is 5.46. The molecule has 2 saturated heterocycles. The molecule has 3 amide bonds. The molecule has 0 aromatic carbocycles. The number of carbonyl (C=O) groups is 2. The molecule has 0 spiro atoms. The number of imide groups is 1. The number of hydrogen-bond acceptors (Lipinski definition) is 4. The normalized spacial score (nSPS) is 25.7.